The van der Waals surface area contributed by atoms with Gasteiger partial charge in [-0.05, 0) is 12.1 Å². The van der Waals surface area contributed by atoms with Gasteiger partial charge in [0.15, 0.2) is 0 Å². The third kappa shape index (κ3) is 3.10. The topological polar surface area (TPSA) is 43.1 Å². The van der Waals surface area contributed by atoms with Gasteiger partial charge >= 0.3 is 0 Å². The molecule has 1 aromatic carbocycles. The molecule has 0 radical (unpaired) electrons. The van der Waals surface area contributed by atoms with Crippen LogP contribution in [0.2, 0.25) is 10.0 Å². The van der Waals surface area contributed by atoms with Crippen molar-refractivity contribution in [2.45, 2.75) is 4.90 Å². The first kappa shape index (κ1) is 10.7. The van der Waals surface area contributed by atoms with Gasteiger partial charge in [0.25, 0.3) is 0 Å². The predicted octanol–water partition coefficient (Wildman–Crippen LogP) is 2.57. The van der Waals surface area contributed by atoms with Crippen LogP contribution in [0.3, 0.4) is 0 Å². The quantitative estimate of drug-likeness (QED) is 0.819. The Hall–Kier alpha value is -0.380. The zero-order valence-corrected chi connectivity index (χ0v) is 8.92. The van der Waals surface area contributed by atoms with Crippen LogP contribution in [0.5, 0.6) is 0 Å². The molecule has 2 N–H and O–H groups in total. The van der Waals surface area contributed by atoms with Crippen molar-refractivity contribution >= 4 is 40.9 Å². The molecule has 2 nitrogen and oxygen atoms in total. The van der Waals surface area contributed by atoms with Crippen LogP contribution in [-0.4, -0.2) is 11.7 Å². The van der Waals surface area contributed by atoms with Crippen molar-refractivity contribution in [1.29, 1.82) is 0 Å². The number of benzene rings is 1. The molecule has 0 aliphatic carbocycles. The molecular weight excluding hydrogens is 229 g/mol. The minimum Gasteiger partial charge on any atom is -0.369 e. The molecule has 1 aromatic rings. The van der Waals surface area contributed by atoms with Gasteiger partial charge in [-0.25, -0.2) is 0 Å². The van der Waals surface area contributed by atoms with Crippen molar-refractivity contribution in [2.24, 2.45) is 5.73 Å². The third-order valence-electron chi connectivity index (χ3n) is 1.28. The fourth-order valence-electron chi connectivity index (χ4n) is 0.764. The molecule has 0 saturated heterocycles. The molecule has 0 heterocycles. The van der Waals surface area contributed by atoms with E-state index < -0.39 is 0 Å². The number of halogens is 2. The molecule has 0 bridgehead atoms. The van der Waals surface area contributed by atoms with Gasteiger partial charge in [-0.15, -0.1) is 11.8 Å². The zero-order valence-electron chi connectivity index (χ0n) is 6.59. The number of rotatable bonds is 3. The number of hydrogen-bond donors (Lipinski definition) is 1. The molecule has 70 valence electrons. The van der Waals surface area contributed by atoms with E-state index in [1.807, 2.05) is 0 Å². The number of amides is 1. The molecule has 1 rings (SSSR count). The van der Waals surface area contributed by atoms with Crippen molar-refractivity contribution in [1.82, 2.24) is 0 Å². The number of thioether (sulfide) groups is 1. The summed E-state index contributed by atoms with van der Waals surface area (Å²) in [5.41, 5.74) is 4.99. The Morgan fingerprint density at radius 3 is 2.38 bits per heavy atom. The maximum atomic E-state index is 10.5. The van der Waals surface area contributed by atoms with E-state index in [0.717, 1.165) is 0 Å². The van der Waals surface area contributed by atoms with Gasteiger partial charge in [0.05, 0.1) is 15.8 Å². The Balaban J connectivity index is 2.81. The summed E-state index contributed by atoms with van der Waals surface area (Å²) in [6.45, 7) is 0. The molecule has 0 unspecified atom stereocenters. The van der Waals surface area contributed by atoms with Gasteiger partial charge in [0, 0.05) is 4.90 Å². The number of carbonyl (C=O) groups is 1. The highest BCUT2D eigenvalue weighted by Crippen LogP contribution is 2.33. The molecule has 1 amide bonds. The summed E-state index contributed by atoms with van der Waals surface area (Å²) >= 11 is 13.0. The lowest BCUT2D eigenvalue weighted by Gasteiger charge is -2.03. The monoisotopic (exact) mass is 235 g/mol. The van der Waals surface area contributed by atoms with Crippen LogP contribution in [0.4, 0.5) is 0 Å². The van der Waals surface area contributed by atoms with Gasteiger partial charge in [-0.1, -0.05) is 29.3 Å². The Bertz CT molecular complexity index is 310. The lowest BCUT2D eigenvalue weighted by atomic mass is 10.4. The van der Waals surface area contributed by atoms with Crippen LogP contribution in [-0.2, 0) is 4.79 Å². The maximum absolute atomic E-state index is 10.5. The smallest absolute Gasteiger partial charge is 0.227 e. The molecule has 0 saturated carbocycles. The first-order chi connectivity index (χ1) is 6.11. The van der Waals surface area contributed by atoms with Gasteiger partial charge < -0.3 is 5.73 Å². The van der Waals surface area contributed by atoms with E-state index in [9.17, 15) is 4.79 Å². The zero-order chi connectivity index (χ0) is 9.84. The first-order valence-electron chi connectivity index (χ1n) is 3.46. The highest BCUT2D eigenvalue weighted by Gasteiger charge is 2.06. The molecule has 0 fully saturated rings. The van der Waals surface area contributed by atoms with E-state index in [4.69, 9.17) is 28.9 Å². The largest absolute Gasteiger partial charge is 0.369 e. The van der Waals surface area contributed by atoms with Gasteiger partial charge in [-0.2, -0.15) is 0 Å². The van der Waals surface area contributed by atoms with Gasteiger partial charge in [0.1, 0.15) is 0 Å². The predicted molar refractivity (Wildman–Crippen MR) is 56.4 cm³/mol. The standard InChI is InChI=1S/C8H7Cl2NOS/c9-5-2-1-3-6(10)8(5)13-4-7(11)12/h1-3H,4H2,(H2,11,12). The van der Waals surface area contributed by atoms with E-state index >= 15 is 0 Å². The second-order valence-electron chi connectivity index (χ2n) is 2.31. The van der Waals surface area contributed by atoms with E-state index in [2.05, 4.69) is 0 Å². The number of nitrogens with two attached hydrogens (primary N) is 1. The van der Waals surface area contributed by atoms with Crippen LogP contribution < -0.4 is 5.73 Å². The van der Waals surface area contributed by atoms with E-state index in [0.29, 0.717) is 14.9 Å². The molecule has 0 aliphatic rings. The molecule has 13 heavy (non-hydrogen) atoms. The summed E-state index contributed by atoms with van der Waals surface area (Å²) in [4.78, 5) is 11.2. The lowest BCUT2D eigenvalue weighted by Crippen LogP contribution is -2.12. The summed E-state index contributed by atoms with van der Waals surface area (Å²) in [7, 11) is 0. The number of hydrogen-bond acceptors (Lipinski definition) is 2. The average molecular weight is 236 g/mol. The van der Waals surface area contributed by atoms with E-state index in [1.54, 1.807) is 18.2 Å². The minimum atomic E-state index is -0.388. The summed E-state index contributed by atoms with van der Waals surface area (Å²) < 4.78 is 0. The Morgan fingerprint density at radius 1 is 1.38 bits per heavy atom. The second kappa shape index (κ2) is 4.74. The number of primary amides is 1. The summed E-state index contributed by atoms with van der Waals surface area (Å²) in [6.07, 6.45) is 0. The fraction of sp³-hybridized carbons (Fsp3) is 0.125. The molecule has 0 spiro atoms. The van der Waals surface area contributed by atoms with Crippen molar-refractivity contribution in [2.75, 3.05) is 5.75 Å². The second-order valence-corrected chi connectivity index (χ2v) is 4.11. The van der Waals surface area contributed by atoms with Gasteiger partial charge in [-0.3, -0.25) is 4.79 Å². The highest BCUT2D eigenvalue weighted by atomic mass is 35.5. The number of carbonyl (C=O) groups excluding carboxylic acids is 1. The SMILES string of the molecule is NC(=O)CSc1c(Cl)cccc1Cl. The normalized spacial score (nSPS) is 10.0. The molecule has 5 heteroatoms. The average Bonchev–Trinajstić information content (AvgIpc) is 2.03. The molecular formula is C8H7Cl2NOS. The summed E-state index contributed by atoms with van der Waals surface area (Å²) in [5.74, 6) is -0.204. The van der Waals surface area contributed by atoms with Crippen LogP contribution in [0, 0.1) is 0 Å². The molecule has 0 aliphatic heterocycles. The first-order valence-corrected chi connectivity index (χ1v) is 5.20. The Kier molecular flexibility index (Phi) is 3.90. The maximum Gasteiger partial charge on any atom is 0.227 e. The molecule has 0 atom stereocenters. The van der Waals surface area contributed by atoms with Crippen molar-refractivity contribution in [3.8, 4) is 0 Å². The van der Waals surface area contributed by atoms with Crippen molar-refractivity contribution in [3.63, 3.8) is 0 Å². The van der Waals surface area contributed by atoms with Crippen LogP contribution in [0.1, 0.15) is 0 Å². The van der Waals surface area contributed by atoms with E-state index in [1.165, 1.54) is 11.8 Å². The van der Waals surface area contributed by atoms with Crippen molar-refractivity contribution in [3.05, 3.63) is 28.2 Å². The summed E-state index contributed by atoms with van der Waals surface area (Å²) in [5, 5.41) is 1.08. The molecule has 0 aromatic heterocycles. The van der Waals surface area contributed by atoms with E-state index in [-0.39, 0.29) is 11.7 Å². The Labute approximate surface area is 90.4 Å². The highest BCUT2D eigenvalue weighted by molar-refractivity contribution is 8.00. The van der Waals surface area contributed by atoms with Crippen LogP contribution in [0.25, 0.3) is 0 Å². The van der Waals surface area contributed by atoms with Gasteiger partial charge in [0.2, 0.25) is 5.91 Å². The lowest BCUT2D eigenvalue weighted by molar-refractivity contribution is -0.115. The minimum absolute atomic E-state index is 0.184. The van der Waals surface area contributed by atoms with Crippen molar-refractivity contribution < 1.29 is 4.79 Å². The third-order valence-corrected chi connectivity index (χ3v) is 3.29. The van der Waals surface area contributed by atoms with Crippen LogP contribution in [0.15, 0.2) is 23.1 Å². The Morgan fingerprint density at radius 2 is 1.92 bits per heavy atom. The summed E-state index contributed by atoms with van der Waals surface area (Å²) in [6, 6.07) is 5.19. The fourth-order valence-corrected chi connectivity index (χ4v) is 2.19. The van der Waals surface area contributed by atoms with Crippen LogP contribution >= 0.6 is 35.0 Å².